The van der Waals surface area contributed by atoms with Gasteiger partial charge in [0.05, 0.1) is 12.5 Å². The minimum atomic E-state index is 0.0803. The Morgan fingerprint density at radius 2 is 2.00 bits per heavy atom. The summed E-state index contributed by atoms with van der Waals surface area (Å²) in [6, 6.07) is 1.99. The van der Waals surface area contributed by atoms with E-state index >= 15 is 0 Å². The molecule has 0 saturated carbocycles. The monoisotopic (exact) mass is 196 g/mol. The summed E-state index contributed by atoms with van der Waals surface area (Å²) in [5.41, 5.74) is 0. The molecule has 0 bridgehead atoms. The molecule has 0 aromatic carbocycles. The van der Waals surface area contributed by atoms with Gasteiger partial charge in [0, 0.05) is 13.0 Å². The number of rotatable bonds is 8. The molecular formula is C11H20N2O. The van der Waals surface area contributed by atoms with Gasteiger partial charge in [-0.25, -0.2) is 0 Å². The largest absolute Gasteiger partial charge is 0.355 e. The lowest BCUT2D eigenvalue weighted by Gasteiger charge is -2.02. The van der Waals surface area contributed by atoms with Crippen molar-refractivity contribution in [2.24, 2.45) is 0 Å². The van der Waals surface area contributed by atoms with Gasteiger partial charge in [0.2, 0.25) is 5.91 Å². The maximum atomic E-state index is 11.1. The Labute approximate surface area is 86.5 Å². The van der Waals surface area contributed by atoms with Crippen LogP contribution < -0.4 is 5.32 Å². The Hall–Kier alpha value is -1.04. The molecule has 0 atom stereocenters. The molecule has 0 spiro atoms. The summed E-state index contributed by atoms with van der Waals surface area (Å²) in [6.07, 6.45) is 6.83. The van der Waals surface area contributed by atoms with E-state index in [0.717, 1.165) is 12.8 Å². The van der Waals surface area contributed by atoms with Gasteiger partial charge in [-0.2, -0.15) is 5.26 Å². The van der Waals surface area contributed by atoms with E-state index in [4.69, 9.17) is 5.26 Å². The van der Waals surface area contributed by atoms with Crippen LogP contribution in [0.2, 0.25) is 0 Å². The van der Waals surface area contributed by atoms with Gasteiger partial charge in [0.1, 0.15) is 0 Å². The van der Waals surface area contributed by atoms with Crippen molar-refractivity contribution in [2.75, 3.05) is 6.54 Å². The van der Waals surface area contributed by atoms with Gasteiger partial charge in [-0.1, -0.05) is 32.6 Å². The molecular weight excluding hydrogens is 176 g/mol. The fourth-order valence-electron chi connectivity index (χ4n) is 1.24. The van der Waals surface area contributed by atoms with Gasteiger partial charge in [-0.05, 0) is 6.42 Å². The maximum Gasteiger partial charge on any atom is 0.220 e. The fraction of sp³-hybridized carbons (Fsp3) is 0.818. The highest BCUT2D eigenvalue weighted by atomic mass is 16.1. The van der Waals surface area contributed by atoms with E-state index in [2.05, 4.69) is 12.2 Å². The molecule has 0 aromatic heterocycles. The Morgan fingerprint density at radius 3 is 2.64 bits per heavy atom. The smallest absolute Gasteiger partial charge is 0.220 e. The van der Waals surface area contributed by atoms with E-state index in [1.54, 1.807) is 0 Å². The van der Waals surface area contributed by atoms with E-state index in [1.165, 1.54) is 19.3 Å². The van der Waals surface area contributed by atoms with Crippen molar-refractivity contribution < 1.29 is 4.79 Å². The van der Waals surface area contributed by atoms with Crippen molar-refractivity contribution in [3.8, 4) is 6.07 Å². The summed E-state index contributed by atoms with van der Waals surface area (Å²) < 4.78 is 0. The van der Waals surface area contributed by atoms with Crippen LogP contribution >= 0.6 is 0 Å². The molecule has 0 aliphatic carbocycles. The number of nitrogens with zero attached hydrogens (tertiary/aromatic N) is 1. The van der Waals surface area contributed by atoms with Crippen LogP contribution in [-0.2, 0) is 4.79 Å². The second kappa shape index (κ2) is 10.0. The number of carbonyl (C=O) groups is 1. The normalized spacial score (nSPS) is 9.43. The van der Waals surface area contributed by atoms with Crippen molar-refractivity contribution in [2.45, 2.75) is 51.9 Å². The van der Waals surface area contributed by atoms with E-state index < -0.39 is 0 Å². The maximum absolute atomic E-state index is 11.1. The van der Waals surface area contributed by atoms with E-state index in [9.17, 15) is 4.79 Å². The SMILES string of the molecule is CCCCCCCC(=O)NCCC#N. The summed E-state index contributed by atoms with van der Waals surface area (Å²) in [7, 11) is 0. The number of amides is 1. The summed E-state index contributed by atoms with van der Waals surface area (Å²) >= 11 is 0. The fourth-order valence-corrected chi connectivity index (χ4v) is 1.24. The van der Waals surface area contributed by atoms with Crippen LogP contribution in [0.25, 0.3) is 0 Å². The van der Waals surface area contributed by atoms with Crippen molar-refractivity contribution in [3.05, 3.63) is 0 Å². The zero-order valence-electron chi connectivity index (χ0n) is 9.01. The third kappa shape index (κ3) is 9.05. The van der Waals surface area contributed by atoms with Crippen molar-refractivity contribution in [1.29, 1.82) is 5.26 Å². The van der Waals surface area contributed by atoms with Crippen LogP contribution in [0, 0.1) is 11.3 Å². The van der Waals surface area contributed by atoms with Crippen molar-refractivity contribution in [1.82, 2.24) is 5.32 Å². The zero-order valence-corrected chi connectivity index (χ0v) is 9.01. The average Bonchev–Trinajstić information content (AvgIpc) is 2.18. The zero-order chi connectivity index (χ0) is 10.6. The molecule has 0 saturated heterocycles. The Bertz CT molecular complexity index is 184. The first-order valence-corrected chi connectivity index (χ1v) is 5.45. The van der Waals surface area contributed by atoms with E-state index in [0.29, 0.717) is 19.4 Å². The minimum absolute atomic E-state index is 0.0803. The number of nitrogens with one attached hydrogen (secondary N) is 1. The van der Waals surface area contributed by atoms with Gasteiger partial charge < -0.3 is 5.32 Å². The molecule has 0 unspecified atom stereocenters. The van der Waals surface area contributed by atoms with Crippen LogP contribution in [0.15, 0.2) is 0 Å². The molecule has 1 amide bonds. The molecule has 3 heteroatoms. The number of carbonyl (C=O) groups excluding carboxylic acids is 1. The lowest BCUT2D eigenvalue weighted by Crippen LogP contribution is -2.23. The average molecular weight is 196 g/mol. The summed E-state index contributed by atoms with van der Waals surface area (Å²) in [6.45, 7) is 2.67. The molecule has 14 heavy (non-hydrogen) atoms. The number of unbranched alkanes of at least 4 members (excludes halogenated alkanes) is 4. The molecule has 80 valence electrons. The molecule has 3 nitrogen and oxygen atoms in total. The second-order valence-electron chi connectivity index (χ2n) is 3.42. The molecule has 0 heterocycles. The van der Waals surface area contributed by atoms with Crippen LogP contribution in [-0.4, -0.2) is 12.5 Å². The van der Waals surface area contributed by atoms with E-state index in [-0.39, 0.29) is 5.91 Å². The van der Waals surface area contributed by atoms with Crippen LogP contribution in [0.1, 0.15) is 51.9 Å². The highest BCUT2D eigenvalue weighted by Crippen LogP contribution is 2.04. The van der Waals surface area contributed by atoms with Gasteiger partial charge in [0.25, 0.3) is 0 Å². The van der Waals surface area contributed by atoms with Crippen LogP contribution in [0.5, 0.6) is 0 Å². The Kier molecular flexibility index (Phi) is 9.30. The third-order valence-electron chi connectivity index (χ3n) is 2.07. The Balaban J connectivity index is 3.15. The van der Waals surface area contributed by atoms with Crippen molar-refractivity contribution in [3.63, 3.8) is 0 Å². The van der Waals surface area contributed by atoms with Gasteiger partial charge >= 0.3 is 0 Å². The predicted octanol–water partition coefficient (Wildman–Crippen LogP) is 2.38. The summed E-state index contributed by atoms with van der Waals surface area (Å²) in [4.78, 5) is 11.1. The molecule has 0 rings (SSSR count). The predicted molar refractivity (Wildman–Crippen MR) is 56.6 cm³/mol. The highest BCUT2D eigenvalue weighted by Gasteiger charge is 1.99. The third-order valence-corrected chi connectivity index (χ3v) is 2.07. The molecule has 0 aliphatic rings. The lowest BCUT2D eigenvalue weighted by molar-refractivity contribution is -0.121. The standard InChI is InChI=1S/C11H20N2O/c1-2-3-4-5-6-8-11(14)13-10-7-9-12/h2-8,10H2,1H3,(H,13,14). The molecule has 0 fully saturated rings. The molecule has 0 aromatic rings. The first-order valence-electron chi connectivity index (χ1n) is 5.45. The second-order valence-corrected chi connectivity index (χ2v) is 3.42. The Morgan fingerprint density at radius 1 is 1.29 bits per heavy atom. The minimum Gasteiger partial charge on any atom is -0.355 e. The van der Waals surface area contributed by atoms with Gasteiger partial charge in [-0.3, -0.25) is 4.79 Å². The summed E-state index contributed by atoms with van der Waals surface area (Å²) in [5, 5.41) is 11.0. The van der Waals surface area contributed by atoms with Crippen LogP contribution in [0.3, 0.4) is 0 Å². The van der Waals surface area contributed by atoms with Gasteiger partial charge in [0.15, 0.2) is 0 Å². The van der Waals surface area contributed by atoms with Crippen molar-refractivity contribution >= 4 is 5.91 Å². The summed E-state index contributed by atoms with van der Waals surface area (Å²) in [5.74, 6) is 0.0803. The number of hydrogen-bond donors (Lipinski definition) is 1. The molecule has 0 aliphatic heterocycles. The lowest BCUT2D eigenvalue weighted by atomic mass is 10.1. The molecule has 0 radical (unpaired) electrons. The highest BCUT2D eigenvalue weighted by molar-refractivity contribution is 5.75. The van der Waals surface area contributed by atoms with Crippen LogP contribution in [0.4, 0.5) is 0 Å². The first kappa shape index (κ1) is 13.0. The quantitative estimate of drug-likeness (QED) is 0.606. The first-order chi connectivity index (χ1) is 6.81. The number of hydrogen-bond acceptors (Lipinski definition) is 2. The van der Waals surface area contributed by atoms with Gasteiger partial charge in [-0.15, -0.1) is 0 Å². The topological polar surface area (TPSA) is 52.9 Å². The van der Waals surface area contributed by atoms with E-state index in [1.807, 2.05) is 6.07 Å². The molecule has 1 N–H and O–H groups in total. The number of nitriles is 1.